The molecule has 0 unspecified atom stereocenters. The van der Waals surface area contributed by atoms with Crippen LogP contribution in [0.3, 0.4) is 0 Å². The highest BCUT2D eigenvalue weighted by Crippen LogP contribution is 2.35. The number of hydrogen-bond acceptors (Lipinski definition) is 1. The van der Waals surface area contributed by atoms with Gasteiger partial charge in [-0.1, -0.05) is 25.4 Å². The Balaban J connectivity index is 1.87. The van der Waals surface area contributed by atoms with Crippen LogP contribution in [0.1, 0.15) is 45.1 Å². The highest BCUT2D eigenvalue weighted by molar-refractivity contribution is 6.30. The Kier molecular flexibility index (Phi) is 4.29. The smallest absolute Gasteiger partial charge is 0.127 e. The lowest BCUT2D eigenvalue weighted by molar-refractivity contribution is 0.205. The molecule has 0 radical (unpaired) electrons. The Morgan fingerprint density at radius 3 is 2.67 bits per heavy atom. The van der Waals surface area contributed by atoms with Crippen molar-refractivity contribution in [2.75, 3.05) is 0 Å². The van der Waals surface area contributed by atoms with Crippen molar-refractivity contribution < 1.29 is 4.39 Å². The standard InChI is InChI=1S/C15H21ClFN/c1-15(2)7-5-13(6-8-15)18-10-11-9-12(16)3-4-14(11)17/h3-4,9,13,18H,5-8,10H2,1-2H3. The van der Waals surface area contributed by atoms with Crippen molar-refractivity contribution in [3.05, 3.63) is 34.6 Å². The normalized spacial score (nSPS) is 20.0. The van der Waals surface area contributed by atoms with Crippen molar-refractivity contribution in [1.82, 2.24) is 5.32 Å². The minimum Gasteiger partial charge on any atom is -0.310 e. The van der Waals surface area contributed by atoms with Crippen LogP contribution in [0.15, 0.2) is 18.2 Å². The van der Waals surface area contributed by atoms with E-state index in [0.717, 1.165) is 0 Å². The van der Waals surface area contributed by atoms with E-state index in [0.29, 0.717) is 28.6 Å². The lowest BCUT2D eigenvalue weighted by atomic mass is 9.75. The van der Waals surface area contributed by atoms with Gasteiger partial charge in [-0.2, -0.15) is 0 Å². The molecular weight excluding hydrogens is 249 g/mol. The predicted octanol–water partition coefficient (Wildman–Crippen LogP) is 4.54. The summed E-state index contributed by atoms with van der Waals surface area (Å²) in [6, 6.07) is 5.24. The molecule has 0 aliphatic heterocycles. The molecule has 0 aromatic heterocycles. The number of hydrogen-bond donors (Lipinski definition) is 1. The average Bonchev–Trinajstić information content (AvgIpc) is 2.32. The van der Waals surface area contributed by atoms with Crippen LogP contribution in [0, 0.1) is 11.2 Å². The Bertz CT molecular complexity index is 407. The van der Waals surface area contributed by atoms with Gasteiger partial charge < -0.3 is 5.32 Å². The quantitative estimate of drug-likeness (QED) is 0.850. The summed E-state index contributed by atoms with van der Waals surface area (Å²) in [6.45, 7) is 5.21. The summed E-state index contributed by atoms with van der Waals surface area (Å²) in [7, 11) is 0. The molecule has 1 aromatic carbocycles. The number of halogens is 2. The van der Waals surface area contributed by atoms with E-state index in [9.17, 15) is 4.39 Å². The molecule has 100 valence electrons. The fourth-order valence-corrected chi connectivity index (χ4v) is 2.73. The largest absolute Gasteiger partial charge is 0.310 e. The van der Waals surface area contributed by atoms with Gasteiger partial charge in [0.1, 0.15) is 5.82 Å². The van der Waals surface area contributed by atoms with Crippen molar-refractivity contribution in [1.29, 1.82) is 0 Å². The zero-order chi connectivity index (χ0) is 13.2. The maximum Gasteiger partial charge on any atom is 0.127 e. The summed E-state index contributed by atoms with van der Waals surface area (Å²) in [5, 5.41) is 4.04. The number of rotatable bonds is 3. The Hall–Kier alpha value is -0.600. The summed E-state index contributed by atoms with van der Waals surface area (Å²) in [4.78, 5) is 0. The van der Waals surface area contributed by atoms with Gasteiger partial charge in [0.2, 0.25) is 0 Å². The van der Waals surface area contributed by atoms with Gasteiger partial charge in [0, 0.05) is 23.2 Å². The van der Waals surface area contributed by atoms with E-state index < -0.39 is 0 Å². The van der Waals surface area contributed by atoms with Gasteiger partial charge in [-0.3, -0.25) is 0 Å². The second kappa shape index (κ2) is 5.58. The molecule has 1 saturated carbocycles. The summed E-state index contributed by atoms with van der Waals surface area (Å²) in [5.41, 5.74) is 1.13. The van der Waals surface area contributed by atoms with Crippen LogP contribution in [0.4, 0.5) is 4.39 Å². The van der Waals surface area contributed by atoms with Crippen LogP contribution in [-0.4, -0.2) is 6.04 Å². The third-order valence-electron chi connectivity index (χ3n) is 3.93. The summed E-state index contributed by atoms with van der Waals surface area (Å²) in [6.07, 6.45) is 4.83. The fourth-order valence-electron chi connectivity index (χ4n) is 2.54. The molecule has 1 N–H and O–H groups in total. The maximum absolute atomic E-state index is 13.5. The Morgan fingerprint density at radius 1 is 1.33 bits per heavy atom. The van der Waals surface area contributed by atoms with Gasteiger partial charge in [0.25, 0.3) is 0 Å². The average molecular weight is 270 g/mol. The topological polar surface area (TPSA) is 12.0 Å². The maximum atomic E-state index is 13.5. The monoisotopic (exact) mass is 269 g/mol. The summed E-state index contributed by atoms with van der Waals surface area (Å²) in [5.74, 6) is -0.178. The lowest BCUT2D eigenvalue weighted by Gasteiger charge is -2.34. The SMILES string of the molecule is CC1(C)CCC(NCc2cc(Cl)ccc2F)CC1. The molecule has 0 heterocycles. The molecule has 0 amide bonds. The Labute approximate surface area is 114 Å². The third-order valence-corrected chi connectivity index (χ3v) is 4.16. The van der Waals surface area contributed by atoms with Gasteiger partial charge in [0.05, 0.1) is 0 Å². The molecule has 1 aliphatic rings. The van der Waals surface area contributed by atoms with Crippen molar-refractivity contribution in [3.63, 3.8) is 0 Å². The molecule has 2 rings (SSSR count). The Morgan fingerprint density at radius 2 is 2.00 bits per heavy atom. The summed E-state index contributed by atoms with van der Waals surface area (Å²) < 4.78 is 13.5. The molecule has 0 bridgehead atoms. The first-order valence-corrected chi connectivity index (χ1v) is 7.01. The van der Waals surface area contributed by atoms with Gasteiger partial charge in [0.15, 0.2) is 0 Å². The molecule has 1 fully saturated rings. The number of benzene rings is 1. The molecule has 1 aromatic rings. The van der Waals surface area contributed by atoms with E-state index in [1.807, 2.05) is 0 Å². The zero-order valence-electron chi connectivity index (χ0n) is 11.1. The number of nitrogens with one attached hydrogen (secondary N) is 1. The van der Waals surface area contributed by atoms with E-state index in [1.54, 1.807) is 12.1 Å². The van der Waals surface area contributed by atoms with Crippen LogP contribution in [0.2, 0.25) is 5.02 Å². The van der Waals surface area contributed by atoms with Crippen molar-refractivity contribution >= 4 is 11.6 Å². The van der Waals surface area contributed by atoms with E-state index in [2.05, 4.69) is 19.2 Å². The van der Waals surface area contributed by atoms with Crippen LogP contribution in [0.5, 0.6) is 0 Å². The van der Waals surface area contributed by atoms with E-state index in [4.69, 9.17) is 11.6 Å². The van der Waals surface area contributed by atoms with Crippen molar-refractivity contribution in [3.8, 4) is 0 Å². The van der Waals surface area contributed by atoms with Crippen LogP contribution in [0.25, 0.3) is 0 Å². The van der Waals surface area contributed by atoms with Gasteiger partial charge in [-0.15, -0.1) is 0 Å². The highest BCUT2D eigenvalue weighted by atomic mass is 35.5. The molecule has 18 heavy (non-hydrogen) atoms. The van der Waals surface area contributed by atoms with Crippen LogP contribution in [-0.2, 0) is 6.54 Å². The zero-order valence-corrected chi connectivity index (χ0v) is 11.9. The molecule has 0 saturated heterocycles. The molecular formula is C15H21ClFN. The van der Waals surface area contributed by atoms with Crippen LogP contribution < -0.4 is 5.32 Å². The minimum atomic E-state index is -0.178. The molecule has 1 aliphatic carbocycles. The first-order valence-electron chi connectivity index (χ1n) is 6.64. The van der Waals surface area contributed by atoms with Gasteiger partial charge in [-0.25, -0.2) is 4.39 Å². The summed E-state index contributed by atoms with van der Waals surface area (Å²) >= 11 is 5.88. The highest BCUT2D eigenvalue weighted by Gasteiger charge is 2.26. The van der Waals surface area contributed by atoms with E-state index in [-0.39, 0.29) is 5.82 Å². The first-order chi connectivity index (χ1) is 8.46. The fraction of sp³-hybridized carbons (Fsp3) is 0.600. The van der Waals surface area contributed by atoms with Crippen molar-refractivity contribution in [2.45, 2.75) is 52.1 Å². The third kappa shape index (κ3) is 3.69. The molecule has 1 nitrogen and oxygen atoms in total. The molecule has 0 spiro atoms. The van der Waals surface area contributed by atoms with Gasteiger partial charge >= 0.3 is 0 Å². The van der Waals surface area contributed by atoms with Gasteiger partial charge in [-0.05, 0) is 49.3 Å². The molecule has 0 atom stereocenters. The predicted molar refractivity (Wildman–Crippen MR) is 74.3 cm³/mol. The first kappa shape index (κ1) is 13.8. The van der Waals surface area contributed by atoms with Crippen molar-refractivity contribution in [2.24, 2.45) is 5.41 Å². The second-order valence-electron chi connectivity index (χ2n) is 6.06. The van der Waals surface area contributed by atoms with E-state index >= 15 is 0 Å². The second-order valence-corrected chi connectivity index (χ2v) is 6.49. The minimum absolute atomic E-state index is 0.178. The lowest BCUT2D eigenvalue weighted by Crippen LogP contribution is -2.35. The van der Waals surface area contributed by atoms with E-state index in [1.165, 1.54) is 31.7 Å². The van der Waals surface area contributed by atoms with Crippen LogP contribution >= 0.6 is 11.6 Å². The molecule has 3 heteroatoms.